The van der Waals surface area contributed by atoms with Crippen LogP contribution in [0.25, 0.3) is 0 Å². The molecule has 0 bridgehead atoms. The van der Waals surface area contributed by atoms with Gasteiger partial charge in [-0.15, -0.1) is 0 Å². The van der Waals surface area contributed by atoms with E-state index in [1.807, 2.05) is 21.1 Å². The molecule has 1 N–H and O–H groups in total. The van der Waals surface area contributed by atoms with Crippen molar-refractivity contribution in [2.75, 3.05) is 41.0 Å². The highest BCUT2D eigenvalue weighted by Crippen LogP contribution is 2.15. The number of aliphatic carboxylic acids is 1. The molecule has 0 aliphatic rings. The third-order valence-corrected chi connectivity index (χ3v) is 11.8. The molecule has 0 radical (unpaired) electrons. The number of carbonyl (C=O) groups excluding carboxylic acids is 2. The molecule has 0 saturated carbocycles. The Kier molecular flexibility index (Phi) is 46.4. The van der Waals surface area contributed by atoms with Gasteiger partial charge in [-0.3, -0.25) is 9.59 Å². The molecule has 0 aliphatic heterocycles. The van der Waals surface area contributed by atoms with Crippen LogP contribution in [0.4, 0.5) is 0 Å². The summed E-state index contributed by atoms with van der Waals surface area (Å²) in [7, 11) is 5.52. The maximum atomic E-state index is 12.8. The summed E-state index contributed by atoms with van der Waals surface area (Å²) in [6, 6.07) is -0.626. The first-order valence-electron chi connectivity index (χ1n) is 27.1. The highest BCUT2D eigenvalue weighted by molar-refractivity contribution is 5.72. The van der Waals surface area contributed by atoms with Gasteiger partial charge in [0.25, 0.3) is 0 Å². The number of likely N-dealkylation sites (N-methyl/N-ethyl adjacent to an activating group) is 1. The number of allylic oxidation sites excluding steroid dienone is 14. The van der Waals surface area contributed by atoms with Gasteiger partial charge in [0.05, 0.1) is 34.4 Å². The summed E-state index contributed by atoms with van der Waals surface area (Å²) in [5.74, 6) is -1.51. The van der Waals surface area contributed by atoms with Crippen LogP contribution >= 0.6 is 0 Å². The zero-order valence-corrected chi connectivity index (χ0v) is 43.8. The van der Waals surface area contributed by atoms with Crippen LogP contribution in [0, 0.1) is 0 Å². The van der Waals surface area contributed by atoms with Gasteiger partial charge in [-0.1, -0.05) is 195 Å². The number of nitrogens with zero attached hydrogens (tertiary/aromatic N) is 1. The lowest BCUT2D eigenvalue weighted by molar-refractivity contribution is -0.887. The summed E-state index contributed by atoms with van der Waals surface area (Å²) in [6.07, 6.45) is 64.9. The van der Waals surface area contributed by atoms with Crippen molar-refractivity contribution in [2.24, 2.45) is 0 Å². The molecule has 0 aromatic heterocycles. The second-order valence-corrected chi connectivity index (χ2v) is 19.1. The first kappa shape index (κ1) is 63.5. The summed E-state index contributed by atoms with van der Waals surface area (Å²) in [5, 5.41) is 9.67. The summed E-state index contributed by atoms with van der Waals surface area (Å²) in [4.78, 5) is 37.2. The van der Waals surface area contributed by atoms with Crippen molar-refractivity contribution in [3.05, 3.63) is 85.1 Å². The van der Waals surface area contributed by atoms with E-state index in [1.54, 1.807) is 0 Å². The monoisotopic (exact) mass is 937 g/mol. The fourth-order valence-corrected chi connectivity index (χ4v) is 7.62. The molecule has 0 heterocycles. The fraction of sp³-hybridized carbons (Fsp3) is 0.712. The Morgan fingerprint density at radius 2 is 0.836 bits per heavy atom. The third-order valence-electron chi connectivity index (χ3n) is 11.8. The summed E-state index contributed by atoms with van der Waals surface area (Å²) >= 11 is 0. The van der Waals surface area contributed by atoms with Crippen molar-refractivity contribution in [3.8, 4) is 0 Å². The van der Waals surface area contributed by atoms with Gasteiger partial charge in [-0.05, 0) is 89.9 Å². The minimum Gasteiger partial charge on any atom is -0.477 e. The number of quaternary nitrogens is 1. The molecule has 0 aromatic rings. The highest BCUT2D eigenvalue weighted by Gasteiger charge is 2.31. The number of unbranched alkanes of at least 4 members (excludes halogenated alkanes) is 20. The third kappa shape index (κ3) is 47.4. The van der Waals surface area contributed by atoms with Crippen LogP contribution in [0.3, 0.4) is 0 Å². The van der Waals surface area contributed by atoms with E-state index < -0.39 is 18.1 Å². The van der Waals surface area contributed by atoms with E-state index in [9.17, 15) is 19.5 Å². The zero-order chi connectivity index (χ0) is 49.2. The van der Waals surface area contributed by atoms with Crippen LogP contribution in [0.2, 0.25) is 0 Å². The average molecular weight is 937 g/mol. The predicted octanol–water partition coefficient (Wildman–Crippen LogP) is 16.0. The first-order valence-corrected chi connectivity index (χ1v) is 27.1. The molecular weight excluding hydrogens is 835 g/mol. The van der Waals surface area contributed by atoms with Crippen molar-refractivity contribution < 1.29 is 38.2 Å². The Morgan fingerprint density at radius 1 is 0.463 bits per heavy atom. The van der Waals surface area contributed by atoms with Crippen molar-refractivity contribution in [1.82, 2.24) is 0 Å². The number of carboxylic acids is 1. The number of rotatable bonds is 48. The molecule has 2 unspecified atom stereocenters. The number of carboxylic acid groups (broad SMARTS) is 1. The minimum atomic E-state index is -0.882. The lowest BCUT2D eigenvalue weighted by Gasteiger charge is -2.31. The minimum absolute atomic E-state index is 0.0452. The molecule has 0 aliphatic carbocycles. The molecule has 0 spiro atoms. The second kappa shape index (κ2) is 48.9. The highest BCUT2D eigenvalue weighted by atomic mass is 16.6. The molecule has 0 amide bonds. The Balaban J connectivity index is 4.30. The van der Waals surface area contributed by atoms with E-state index in [2.05, 4.69) is 98.9 Å². The molecule has 8 heteroatoms. The molecular formula is C59H102NO7+. The van der Waals surface area contributed by atoms with Crippen LogP contribution in [0.15, 0.2) is 85.1 Å². The van der Waals surface area contributed by atoms with Crippen molar-refractivity contribution in [1.29, 1.82) is 0 Å². The summed E-state index contributed by atoms with van der Waals surface area (Å²) in [6.45, 7) is 4.60. The average Bonchev–Trinajstić information content (AvgIpc) is 3.29. The lowest BCUT2D eigenvalue weighted by atomic mass is 10.1. The SMILES string of the molecule is CC/C=C/C/C=C/C/C=C/C/C=C/C/C=C/C/C=C/CCCCCCC(=O)OC(COCCC(C(=O)O)[N+](C)(C)C)COC(=O)CCCCCCCCC/C=C/CCCCCCCCCCC. The van der Waals surface area contributed by atoms with Gasteiger partial charge in [0.15, 0.2) is 12.1 Å². The zero-order valence-electron chi connectivity index (χ0n) is 43.8. The van der Waals surface area contributed by atoms with Crippen molar-refractivity contribution in [3.63, 3.8) is 0 Å². The van der Waals surface area contributed by atoms with Crippen LogP contribution in [0.1, 0.15) is 219 Å². The molecule has 67 heavy (non-hydrogen) atoms. The maximum absolute atomic E-state index is 12.8. The molecule has 384 valence electrons. The molecule has 2 atom stereocenters. The maximum Gasteiger partial charge on any atom is 0.362 e. The first-order chi connectivity index (χ1) is 32.6. The van der Waals surface area contributed by atoms with Gasteiger partial charge >= 0.3 is 17.9 Å². The number of esters is 2. The van der Waals surface area contributed by atoms with Crippen LogP contribution < -0.4 is 0 Å². The van der Waals surface area contributed by atoms with Gasteiger partial charge in [0.1, 0.15) is 6.61 Å². The fourth-order valence-electron chi connectivity index (χ4n) is 7.62. The molecule has 0 aromatic carbocycles. The summed E-state index contributed by atoms with van der Waals surface area (Å²) in [5.41, 5.74) is 0. The number of hydrogen-bond acceptors (Lipinski definition) is 6. The van der Waals surface area contributed by atoms with Gasteiger partial charge < -0.3 is 23.8 Å². The number of carbonyl (C=O) groups is 3. The van der Waals surface area contributed by atoms with E-state index in [0.29, 0.717) is 19.3 Å². The molecule has 0 saturated heterocycles. The Labute approximate surface area is 412 Å². The van der Waals surface area contributed by atoms with Crippen LogP contribution in [0.5, 0.6) is 0 Å². The largest absolute Gasteiger partial charge is 0.477 e. The van der Waals surface area contributed by atoms with E-state index in [-0.39, 0.29) is 36.2 Å². The van der Waals surface area contributed by atoms with Gasteiger partial charge in [-0.25, -0.2) is 4.79 Å². The van der Waals surface area contributed by atoms with Gasteiger partial charge in [-0.2, -0.15) is 0 Å². The Morgan fingerprint density at radius 3 is 1.25 bits per heavy atom. The van der Waals surface area contributed by atoms with E-state index in [4.69, 9.17) is 14.2 Å². The van der Waals surface area contributed by atoms with E-state index >= 15 is 0 Å². The van der Waals surface area contributed by atoms with Crippen molar-refractivity contribution in [2.45, 2.75) is 231 Å². The normalized spacial score (nSPS) is 13.5. The lowest BCUT2D eigenvalue weighted by Crippen LogP contribution is -2.50. The van der Waals surface area contributed by atoms with Crippen molar-refractivity contribution >= 4 is 17.9 Å². The smallest absolute Gasteiger partial charge is 0.362 e. The predicted molar refractivity (Wildman–Crippen MR) is 284 cm³/mol. The van der Waals surface area contributed by atoms with Crippen LogP contribution in [-0.4, -0.2) is 80.6 Å². The summed E-state index contributed by atoms with van der Waals surface area (Å²) < 4.78 is 17.4. The Bertz CT molecular complexity index is 1370. The van der Waals surface area contributed by atoms with E-state index in [1.165, 1.54) is 96.3 Å². The van der Waals surface area contributed by atoms with Crippen LogP contribution in [-0.2, 0) is 28.6 Å². The second-order valence-electron chi connectivity index (χ2n) is 19.1. The van der Waals surface area contributed by atoms with Gasteiger partial charge in [0, 0.05) is 19.3 Å². The number of hydrogen-bond donors (Lipinski definition) is 1. The molecule has 0 fully saturated rings. The Hall–Kier alpha value is -3.49. The molecule has 8 nitrogen and oxygen atoms in total. The van der Waals surface area contributed by atoms with Gasteiger partial charge in [0.2, 0.25) is 0 Å². The molecule has 0 rings (SSSR count). The quantitative estimate of drug-likeness (QED) is 0.0281. The number of ether oxygens (including phenoxy) is 3. The van der Waals surface area contributed by atoms with E-state index in [0.717, 1.165) is 89.9 Å². The standard InChI is InChI=1S/C59H101NO7/c1-6-8-10-12-14-16-18-20-22-24-26-28-29-30-32-34-36-38-40-42-44-46-48-50-58(62)67-55(53-65-52-51-56(59(63)64)60(3,4)5)54-66-57(61)49-47-45-43-41-39-37-35-33-31-27-25-23-21-19-17-15-13-11-9-7-2/h8,10,14,16,20,22,26-28,30-32,36,38,55-56H,6-7,9,11-13,15,17-19,21,23-25,29,33-35,37,39-54H2,1-5H3/p+1/b10-8+,16-14+,22-20+,28-26+,31-27+,32-30+,38-36+. The topological polar surface area (TPSA) is 99.1 Å².